The van der Waals surface area contributed by atoms with E-state index in [9.17, 15) is 5.11 Å². The zero-order valence-electron chi connectivity index (χ0n) is 14.4. The van der Waals surface area contributed by atoms with Gasteiger partial charge in [-0.25, -0.2) is 0 Å². The molecule has 2 aromatic rings. The average Bonchev–Trinajstić information content (AvgIpc) is 3.10. The fourth-order valence-electron chi connectivity index (χ4n) is 2.69. The number of rotatable bonds is 6. The number of phenolic OH excluding ortho intramolecular Hbond substituents is 1. The van der Waals surface area contributed by atoms with Crippen LogP contribution in [0.25, 0.3) is 6.08 Å². The quantitative estimate of drug-likeness (QED) is 0.866. The Kier molecular flexibility index (Phi) is 4.88. The maximum Gasteiger partial charge on any atom is 0.231 e. The first-order valence-corrected chi connectivity index (χ1v) is 7.74. The molecule has 6 heteroatoms. The topological polar surface area (TPSA) is 66.4 Å². The molecule has 1 heterocycles. The van der Waals surface area contributed by atoms with Crippen molar-refractivity contribution in [1.82, 2.24) is 0 Å². The van der Waals surface area contributed by atoms with Crippen molar-refractivity contribution in [2.24, 2.45) is 0 Å². The van der Waals surface area contributed by atoms with Crippen molar-refractivity contribution in [3.05, 3.63) is 41.5 Å². The standard InChI is InChI=1S/C19H20O6/c1-21-15-8-13(9-16(22-2)19(15)23-3)6-4-5-12-7-14(20)18-17(10-12)24-11-25-18/h4-5,7-10,20H,6,11H2,1-3H3/b5-4+. The van der Waals surface area contributed by atoms with Gasteiger partial charge in [-0.3, -0.25) is 0 Å². The highest BCUT2D eigenvalue weighted by Gasteiger charge is 2.18. The van der Waals surface area contributed by atoms with Crippen molar-refractivity contribution in [2.45, 2.75) is 6.42 Å². The van der Waals surface area contributed by atoms with Crippen LogP contribution in [0.15, 0.2) is 30.3 Å². The van der Waals surface area contributed by atoms with Crippen LogP contribution in [0.2, 0.25) is 0 Å². The van der Waals surface area contributed by atoms with Gasteiger partial charge in [0, 0.05) is 0 Å². The highest BCUT2D eigenvalue weighted by atomic mass is 16.7. The predicted molar refractivity (Wildman–Crippen MR) is 93.1 cm³/mol. The van der Waals surface area contributed by atoms with Crippen LogP contribution in [0.5, 0.6) is 34.5 Å². The summed E-state index contributed by atoms with van der Waals surface area (Å²) in [7, 11) is 4.75. The average molecular weight is 344 g/mol. The summed E-state index contributed by atoms with van der Waals surface area (Å²) in [6, 6.07) is 7.28. The third-order valence-electron chi connectivity index (χ3n) is 3.86. The van der Waals surface area contributed by atoms with Gasteiger partial charge >= 0.3 is 0 Å². The summed E-state index contributed by atoms with van der Waals surface area (Å²) in [6.07, 6.45) is 4.55. The van der Waals surface area contributed by atoms with Gasteiger partial charge in [-0.1, -0.05) is 12.2 Å². The van der Waals surface area contributed by atoms with Crippen molar-refractivity contribution in [1.29, 1.82) is 0 Å². The van der Waals surface area contributed by atoms with Crippen LogP contribution in [0.3, 0.4) is 0 Å². The smallest absolute Gasteiger partial charge is 0.231 e. The van der Waals surface area contributed by atoms with Crippen molar-refractivity contribution >= 4 is 6.08 Å². The zero-order chi connectivity index (χ0) is 17.8. The molecule has 3 rings (SSSR count). The van der Waals surface area contributed by atoms with Gasteiger partial charge in [-0.2, -0.15) is 0 Å². The molecule has 0 aliphatic carbocycles. The molecule has 0 fully saturated rings. The maximum absolute atomic E-state index is 9.94. The molecule has 0 radical (unpaired) electrons. The van der Waals surface area contributed by atoms with Crippen LogP contribution >= 0.6 is 0 Å². The molecule has 0 saturated carbocycles. The molecular formula is C19H20O6. The second-order valence-electron chi connectivity index (χ2n) is 5.41. The summed E-state index contributed by atoms with van der Waals surface area (Å²) in [5, 5.41) is 9.94. The van der Waals surface area contributed by atoms with E-state index in [2.05, 4.69) is 0 Å². The molecule has 0 aromatic heterocycles. The Labute approximate surface area is 146 Å². The number of aromatic hydroxyl groups is 1. The number of hydrogen-bond acceptors (Lipinski definition) is 6. The van der Waals surface area contributed by atoms with Gasteiger partial charge in [0.15, 0.2) is 23.0 Å². The number of ether oxygens (including phenoxy) is 5. The van der Waals surface area contributed by atoms with Crippen LogP contribution in [-0.4, -0.2) is 33.2 Å². The van der Waals surface area contributed by atoms with Gasteiger partial charge in [0.05, 0.1) is 21.3 Å². The largest absolute Gasteiger partial charge is 0.504 e. The van der Waals surface area contributed by atoms with E-state index >= 15 is 0 Å². The number of phenols is 1. The van der Waals surface area contributed by atoms with Gasteiger partial charge in [0.25, 0.3) is 0 Å². The molecule has 0 unspecified atom stereocenters. The molecule has 132 valence electrons. The molecular weight excluding hydrogens is 324 g/mol. The summed E-state index contributed by atoms with van der Waals surface area (Å²) >= 11 is 0. The van der Waals surface area contributed by atoms with Crippen LogP contribution in [0.1, 0.15) is 11.1 Å². The summed E-state index contributed by atoms with van der Waals surface area (Å²) in [5.41, 5.74) is 1.84. The summed E-state index contributed by atoms with van der Waals surface area (Å²) < 4.78 is 26.5. The van der Waals surface area contributed by atoms with Gasteiger partial charge in [0.1, 0.15) is 0 Å². The Balaban J connectivity index is 1.79. The molecule has 2 aromatic carbocycles. The van der Waals surface area contributed by atoms with Gasteiger partial charge < -0.3 is 28.8 Å². The molecule has 25 heavy (non-hydrogen) atoms. The van der Waals surface area contributed by atoms with E-state index in [0.29, 0.717) is 35.2 Å². The number of benzene rings is 2. The molecule has 1 N–H and O–H groups in total. The van der Waals surface area contributed by atoms with E-state index in [0.717, 1.165) is 11.1 Å². The van der Waals surface area contributed by atoms with Crippen LogP contribution in [0, 0.1) is 0 Å². The monoisotopic (exact) mass is 344 g/mol. The van der Waals surface area contributed by atoms with E-state index in [1.165, 1.54) is 0 Å². The lowest BCUT2D eigenvalue weighted by molar-refractivity contribution is 0.171. The Morgan fingerprint density at radius 1 is 1.00 bits per heavy atom. The van der Waals surface area contributed by atoms with E-state index in [1.54, 1.807) is 27.4 Å². The second kappa shape index (κ2) is 7.25. The predicted octanol–water partition coefficient (Wildman–Crippen LogP) is 3.40. The molecule has 0 spiro atoms. The molecule has 0 saturated heterocycles. The molecule has 6 nitrogen and oxygen atoms in total. The molecule has 0 atom stereocenters. The highest BCUT2D eigenvalue weighted by molar-refractivity contribution is 5.62. The van der Waals surface area contributed by atoms with Crippen molar-refractivity contribution in [3.8, 4) is 34.5 Å². The summed E-state index contributed by atoms with van der Waals surface area (Å²) in [6.45, 7) is 0.126. The minimum Gasteiger partial charge on any atom is -0.504 e. The number of hydrogen-bond donors (Lipinski definition) is 1. The van der Waals surface area contributed by atoms with Gasteiger partial charge in [-0.05, 0) is 41.8 Å². The van der Waals surface area contributed by atoms with Gasteiger partial charge in [-0.15, -0.1) is 0 Å². The molecule has 0 amide bonds. The van der Waals surface area contributed by atoms with Crippen molar-refractivity contribution in [3.63, 3.8) is 0 Å². The Hall–Kier alpha value is -3.02. The SMILES string of the molecule is COc1cc(C/C=C/c2cc(O)c3c(c2)OCO3)cc(OC)c1OC. The molecule has 0 bridgehead atoms. The van der Waals surface area contributed by atoms with Gasteiger partial charge in [0.2, 0.25) is 18.3 Å². The normalized spacial score (nSPS) is 12.4. The van der Waals surface area contributed by atoms with E-state index in [4.69, 9.17) is 23.7 Å². The Bertz CT molecular complexity index is 772. The number of fused-ring (bicyclic) bond motifs is 1. The molecule has 1 aliphatic rings. The third-order valence-corrected chi connectivity index (χ3v) is 3.86. The number of allylic oxidation sites excluding steroid dienone is 1. The highest BCUT2D eigenvalue weighted by Crippen LogP contribution is 2.41. The zero-order valence-corrected chi connectivity index (χ0v) is 14.4. The van der Waals surface area contributed by atoms with Crippen molar-refractivity contribution < 1.29 is 28.8 Å². The Morgan fingerprint density at radius 3 is 2.36 bits per heavy atom. The lowest BCUT2D eigenvalue weighted by Gasteiger charge is -2.13. The lowest BCUT2D eigenvalue weighted by Crippen LogP contribution is -1.96. The molecule has 1 aliphatic heterocycles. The first-order chi connectivity index (χ1) is 12.2. The van der Waals surface area contributed by atoms with Crippen LogP contribution in [0.4, 0.5) is 0 Å². The van der Waals surface area contributed by atoms with E-state index in [1.807, 2.05) is 30.4 Å². The van der Waals surface area contributed by atoms with Crippen molar-refractivity contribution in [2.75, 3.05) is 28.1 Å². The fourth-order valence-corrected chi connectivity index (χ4v) is 2.69. The summed E-state index contributed by atoms with van der Waals surface area (Å²) in [5.74, 6) is 2.81. The van der Waals surface area contributed by atoms with Crippen LogP contribution in [-0.2, 0) is 6.42 Å². The van der Waals surface area contributed by atoms with Crippen LogP contribution < -0.4 is 23.7 Å². The Morgan fingerprint density at radius 2 is 1.72 bits per heavy atom. The lowest BCUT2D eigenvalue weighted by atomic mass is 10.1. The first-order valence-electron chi connectivity index (χ1n) is 7.74. The summed E-state index contributed by atoms with van der Waals surface area (Å²) in [4.78, 5) is 0. The van der Waals surface area contributed by atoms with E-state index in [-0.39, 0.29) is 12.5 Å². The minimum absolute atomic E-state index is 0.0717. The number of methoxy groups -OCH3 is 3. The third kappa shape index (κ3) is 3.42. The maximum atomic E-state index is 9.94. The first kappa shape index (κ1) is 16.8. The minimum atomic E-state index is 0.0717. The fraction of sp³-hybridized carbons (Fsp3) is 0.263. The van der Waals surface area contributed by atoms with E-state index < -0.39 is 0 Å². The second-order valence-corrected chi connectivity index (χ2v) is 5.41.